The topological polar surface area (TPSA) is 72.3 Å². The lowest BCUT2D eigenvalue weighted by Crippen LogP contribution is -2.47. The average Bonchev–Trinajstić information content (AvgIpc) is 2.35. The third-order valence-corrected chi connectivity index (χ3v) is 4.25. The van der Waals surface area contributed by atoms with Gasteiger partial charge in [-0.05, 0) is 38.6 Å². The first kappa shape index (κ1) is 14.5. The van der Waals surface area contributed by atoms with Gasteiger partial charge in [0.2, 0.25) is 5.91 Å². The first-order valence-electron chi connectivity index (χ1n) is 6.78. The van der Waals surface area contributed by atoms with Gasteiger partial charge in [0.05, 0.1) is 0 Å². The fraction of sp³-hybridized carbons (Fsp3) is 0.923. The molecule has 1 rings (SSSR count). The lowest BCUT2D eigenvalue weighted by Gasteiger charge is -2.38. The first-order valence-corrected chi connectivity index (χ1v) is 6.78. The Balaban J connectivity index is 2.45. The van der Waals surface area contributed by atoms with Crippen LogP contribution < -0.4 is 11.5 Å². The molecule has 0 bridgehead atoms. The highest BCUT2D eigenvalue weighted by Crippen LogP contribution is 2.29. The number of hydrogen-bond donors (Lipinski definition) is 2. The largest absolute Gasteiger partial charge is 0.370 e. The number of amides is 1. The molecule has 1 aliphatic carbocycles. The van der Waals surface area contributed by atoms with E-state index in [1.54, 1.807) is 0 Å². The fourth-order valence-electron chi connectivity index (χ4n) is 2.88. The number of nitrogens with two attached hydrogens (primary N) is 2. The fourth-order valence-corrected chi connectivity index (χ4v) is 2.88. The molecule has 0 saturated heterocycles. The van der Waals surface area contributed by atoms with Crippen LogP contribution >= 0.6 is 0 Å². The Morgan fingerprint density at radius 3 is 2.35 bits per heavy atom. The second-order valence-corrected chi connectivity index (χ2v) is 5.31. The molecule has 1 atom stereocenters. The van der Waals surface area contributed by atoms with Crippen molar-refractivity contribution in [2.24, 2.45) is 17.4 Å². The molecule has 0 heterocycles. The number of hydrogen-bond acceptors (Lipinski definition) is 3. The van der Waals surface area contributed by atoms with Crippen molar-refractivity contribution in [3.8, 4) is 0 Å². The number of likely N-dealkylation sites (N-methyl/N-ethyl adjacent to an activating group) is 1. The maximum absolute atomic E-state index is 11.0. The van der Waals surface area contributed by atoms with Crippen molar-refractivity contribution in [1.29, 1.82) is 0 Å². The van der Waals surface area contributed by atoms with Crippen LogP contribution in [0.3, 0.4) is 0 Å². The Morgan fingerprint density at radius 2 is 1.94 bits per heavy atom. The summed E-state index contributed by atoms with van der Waals surface area (Å²) >= 11 is 0. The summed E-state index contributed by atoms with van der Waals surface area (Å²) in [5, 5.41) is 0. The third kappa shape index (κ3) is 4.28. The normalized spacial score (nSPS) is 27.1. The van der Waals surface area contributed by atoms with Crippen molar-refractivity contribution >= 4 is 5.91 Å². The van der Waals surface area contributed by atoms with E-state index in [4.69, 9.17) is 11.5 Å². The average molecular weight is 241 g/mol. The molecule has 4 nitrogen and oxygen atoms in total. The molecule has 4 heteroatoms. The van der Waals surface area contributed by atoms with Gasteiger partial charge in [-0.1, -0.05) is 13.3 Å². The van der Waals surface area contributed by atoms with Crippen LogP contribution in [0.15, 0.2) is 0 Å². The zero-order valence-corrected chi connectivity index (χ0v) is 11.2. The van der Waals surface area contributed by atoms with Gasteiger partial charge in [0.25, 0.3) is 0 Å². The molecule has 0 aliphatic heterocycles. The van der Waals surface area contributed by atoms with E-state index in [1.807, 2.05) is 0 Å². The van der Waals surface area contributed by atoms with Crippen molar-refractivity contribution in [1.82, 2.24) is 4.90 Å². The number of nitrogens with zero attached hydrogens (tertiary/aromatic N) is 1. The van der Waals surface area contributed by atoms with Crippen molar-refractivity contribution in [2.75, 3.05) is 13.6 Å². The molecule has 0 aromatic carbocycles. The molecular weight excluding hydrogens is 214 g/mol. The van der Waals surface area contributed by atoms with Crippen LogP contribution in [0.4, 0.5) is 0 Å². The quantitative estimate of drug-likeness (QED) is 0.731. The highest BCUT2D eigenvalue weighted by Gasteiger charge is 2.27. The van der Waals surface area contributed by atoms with Gasteiger partial charge in [-0.3, -0.25) is 9.69 Å². The maximum Gasteiger partial charge on any atom is 0.219 e. The van der Waals surface area contributed by atoms with Gasteiger partial charge in [-0.15, -0.1) is 0 Å². The van der Waals surface area contributed by atoms with E-state index < -0.39 is 0 Å². The van der Waals surface area contributed by atoms with Crippen LogP contribution in [-0.2, 0) is 4.79 Å². The van der Waals surface area contributed by atoms with Crippen molar-refractivity contribution < 1.29 is 4.79 Å². The van der Waals surface area contributed by atoms with Gasteiger partial charge < -0.3 is 11.5 Å². The molecule has 100 valence electrons. The summed E-state index contributed by atoms with van der Waals surface area (Å²) in [5.74, 6) is 0.640. The van der Waals surface area contributed by atoms with Crippen LogP contribution in [0.1, 0.15) is 45.4 Å². The minimum Gasteiger partial charge on any atom is -0.370 e. The Bertz CT molecular complexity index is 237. The summed E-state index contributed by atoms with van der Waals surface area (Å²) in [5.41, 5.74) is 11.0. The molecule has 1 amide bonds. The van der Waals surface area contributed by atoms with Gasteiger partial charge in [0, 0.05) is 25.0 Å². The van der Waals surface area contributed by atoms with E-state index in [0.717, 1.165) is 5.92 Å². The summed E-state index contributed by atoms with van der Waals surface area (Å²) in [6.45, 7) is 2.78. The summed E-state index contributed by atoms with van der Waals surface area (Å²) in [4.78, 5) is 13.3. The molecule has 1 fully saturated rings. The lowest BCUT2D eigenvalue weighted by molar-refractivity contribution is -0.119. The predicted octanol–water partition coefficient (Wildman–Crippen LogP) is 1.09. The highest BCUT2D eigenvalue weighted by molar-refractivity contribution is 5.74. The van der Waals surface area contributed by atoms with Gasteiger partial charge in [-0.2, -0.15) is 0 Å². The highest BCUT2D eigenvalue weighted by atomic mass is 16.1. The summed E-state index contributed by atoms with van der Waals surface area (Å²) in [6, 6.07) is 0.682. The van der Waals surface area contributed by atoms with E-state index in [-0.39, 0.29) is 11.9 Å². The van der Waals surface area contributed by atoms with Crippen molar-refractivity contribution in [2.45, 2.75) is 57.5 Å². The summed E-state index contributed by atoms with van der Waals surface area (Å²) < 4.78 is 0. The zero-order chi connectivity index (χ0) is 12.8. The molecule has 1 unspecified atom stereocenters. The summed E-state index contributed by atoms with van der Waals surface area (Å²) in [7, 11) is 2.08. The smallest absolute Gasteiger partial charge is 0.219 e. The number of rotatable bonds is 6. The van der Waals surface area contributed by atoms with Gasteiger partial charge in [0.15, 0.2) is 0 Å². The van der Waals surface area contributed by atoms with E-state index in [9.17, 15) is 4.79 Å². The first-order chi connectivity index (χ1) is 8.08. The SMILES string of the molecule is CCC1CCC(N(C)C(CN)CC(N)=O)CC1. The predicted molar refractivity (Wildman–Crippen MR) is 70.5 cm³/mol. The zero-order valence-electron chi connectivity index (χ0n) is 11.2. The van der Waals surface area contributed by atoms with E-state index in [1.165, 1.54) is 32.1 Å². The molecule has 4 N–H and O–H groups in total. The van der Waals surface area contributed by atoms with Crippen LogP contribution in [0.2, 0.25) is 0 Å². The molecule has 1 aliphatic rings. The molecule has 1 saturated carbocycles. The Kier molecular flexibility index (Phi) is 5.92. The molecule has 0 spiro atoms. The number of carbonyl (C=O) groups excluding carboxylic acids is 1. The van der Waals surface area contributed by atoms with E-state index in [2.05, 4.69) is 18.9 Å². The van der Waals surface area contributed by atoms with Crippen LogP contribution in [0, 0.1) is 5.92 Å². The Hall–Kier alpha value is -0.610. The van der Waals surface area contributed by atoms with Crippen molar-refractivity contribution in [3.05, 3.63) is 0 Å². The molecule has 0 radical (unpaired) electrons. The Labute approximate surface area is 105 Å². The van der Waals surface area contributed by atoms with Crippen molar-refractivity contribution in [3.63, 3.8) is 0 Å². The molecule has 0 aromatic heterocycles. The monoisotopic (exact) mass is 241 g/mol. The number of carbonyl (C=O) groups is 1. The van der Waals surface area contributed by atoms with Crippen LogP contribution in [-0.4, -0.2) is 36.5 Å². The minimum atomic E-state index is -0.255. The van der Waals surface area contributed by atoms with Gasteiger partial charge in [0.1, 0.15) is 0 Å². The van der Waals surface area contributed by atoms with Crippen LogP contribution in [0.5, 0.6) is 0 Å². The molecular formula is C13H27N3O. The van der Waals surface area contributed by atoms with Crippen LogP contribution in [0.25, 0.3) is 0 Å². The van der Waals surface area contributed by atoms with E-state index >= 15 is 0 Å². The molecule has 0 aromatic rings. The Morgan fingerprint density at radius 1 is 1.35 bits per heavy atom. The second-order valence-electron chi connectivity index (χ2n) is 5.31. The van der Waals surface area contributed by atoms with Gasteiger partial charge in [-0.25, -0.2) is 0 Å². The third-order valence-electron chi connectivity index (χ3n) is 4.25. The van der Waals surface area contributed by atoms with Gasteiger partial charge >= 0.3 is 0 Å². The molecule has 17 heavy (non-hydrogen) atoms. The second kappa shape index (κ2) is 6.97. The lowest BCUT2D eigenvalue weighted by atomic mass is 9.83. The summed E-state index contributed by atoms with van der Waals surface area (Å²) in [6.07, 6.45) is 6.73. The number of primary amides is 1. The van der Waals surface area contributed by atoms with E-state index in [0.29, 0.717) is 19.0 Å². The standard InChI is InChI=1S/C13H27N3O/c1-3-10-4-6-11(7-5-10)16(2)12(9-14)8-13(15)17/h10-12H,3-9,14H2,1-2H3,(H2,15,17). The maximum atomic E-state index is 11.0. The minimum absolute atomic E-state index is 0.107.